The second-order valence-electron chi connectivity index (χ2n) is 7.62. The SMILES string of the molecule is CC(F)n1ccc(Oc2ccc(Nc3ncnc4ccc(NC(=O)C#CCCO)cc34)cc2)cc1=O. The number of alkyl halides is 1. The van der Waals surface area contributed by atoms with Gasteiger partial charge in [0.05, 0.1) is 12.1 Å². The molecule has 1 amide bonds. The third-order valence-electron chi connectivity index (χ3n) is 4.99. The van der Waals surface area contributed by atoms with Crippen molar-refractivity contribution >= 4 is 34.0 Å². The lowest BCUT2D eigenvalue weighted by Crippen LogP contribution is -2.19. The Bertz CT molecular complexity index is 1510. The van der Waals surface area contributed by atoms with E-state index in [-0.39, 0.29) is 13.0 Å². The van der Waals surface area contributed by atoms with E-state index < -0.39 is 17.8 Å². The average Bonchev–Trinajstić information content (AvgIpc) is 2.85. The monoisotopic (exact) mass is 487 g/mol. The van der Waals surface area contributed by atoms with E-state index in [1.165, 1.54) is 31.6 Å². The summed E-state index contributed by atoms with van der Waals surface area (Å²) in [6.07, 6.45) is 1.57. The Morgan fingerprint density at radius 3 is 2.61 bits per heavy atom. The summed E-state index contributed by atoms with van der Waals surface area (Å²) >= 11 is 0. The summed E-state index contributed by atoms with van der Waals surface area (Å²) in [5, 5.41) is 15.4. The number of hydrogen-bond acceptors (Lipinski definition) is 7. The van der Waals surface area contributed by atoms with Crippen LogP contribution in [0.4, 0.5) is 21.6 Å². The summed E-state index contributed by atoms with van der Waals surface area (Å²) in [7, 11) is 0. The number of hydrogen-bond donors (Lipinski definition) is 3. The number of carbonyl (C=O) groups excluding carboxylic acids is 1. The molecule has 0 saturated heterocycles. The Morgan fingerprint density at radius 2 is 1.89 bits per heavy atom. The zero-order valence-electron chi connectivity index (χ0n) is 19.2. The van der Waals surface area contributed by atoms with Gasteiger partial charge >= 0.3 is 0 Å². The predicted octanol–water partition coefficient (Wildman–Crippen LogP) is 4.14. The first-order chi connectivity index (χ1) is 17.4. The van der Waals surface area contributed by atoms with Crippen LogP contribution >= 0.6 is 0 Å². The van der Waals surface area contributed by atoms with Crippen LogP contribution in [-0.4, -0.2) is 32.2 Å². The second kappa shape index (κ2) is 11.1. The summed E-state index contributed by atoms with van der Waals surface area (Å²) in [6, 6.07) is 14.9. The maximum Gasteiger partial charge on any atom is 0.300 e. The molecule has 0 radical (unpaired) electrons. The molecule has 36 heavy (non-hydrogen) atoms. The van der Waals surface area contributed by atoms with E-state index in [9.17, 15) is 14.0 Å². The van der Waals surface area contributed by atoms with Gasteiger partial charge in [0.1, 0.15) is 23.6 Å². The van der Waals surface area contributed by atoms with Gasteiger partial charge in [0.15, 0.2) is 6.30 Å². The highest BCUT2D eigenvalue weighted by molar-refractivity contribution is 6.05. The molecule has 0 aliphatic rings. The van der Waals surface area contributed by atoms with E-state index in [1.54, 1.807) is 42.5 Å². The number of nitrogens with zero attached hydrogens (tertiary/aromatic N) is 3. The minimum atomic E-state index is -1.42. The molecular formula is C26H22FN5O4. The number of fused-ring (bicyclic) bond motifs is 1. The van der Waals surface area contributed by atoms with Crippen molar-refractivity contribution in [2.24, 2.45) is 0 Å². The van der Waals surface area contributed by atoms with Crippen LogP contribution in [0.25, 0.3) is 10.9 Å². The summed E-state index contributed by atoms with van der Waals surface area (Å²) < 4.78 is 20.1. The number of carbonyl (C=O) groups is 1. The highest BCUT2D eigenvalue weighted by atomic mass is 19.1. The first-order valence-electron chi connectivity index (χ1n) is 11.0. The molecule has 2 aromatic heterocycles. The Balaban J connectivity index is 1.49. The van der Waals surface area contributed by atoms with Gasteiger partial charge < -0.3 is 20.5 Å². The molecule has 2 aromatic carbocycles. The third kappa shape index (κ3) is 6.02. The van der Waals surface area contributed by atoms with Crippen molar-refractivity contribution in [3.05, 3.63) is 77.5 Å². The lowest BCUT2D eigenvalue weighted by molar-refractivity contribution is -0.111. The topological polar surface area (TPSA) is 118 Å². The molecule has 4 rings (SSSR count). The summed E-state index contributed by atoms with van der Waals surface area (Å²) in [4.78, 5) is 32.5. The van der Waals surface area contributed by atoms with Crippen LogP contribution in [0.3, 0.4) is 0 Å². The first-order valence-corrected chi connectivity index (χ1v) is 11.0. The normalized spacial score (nSPS) is 11.3. The zero-order chi connectivity index (χ0) is 25.5. The molecule has 9 nitrogen and oxygen atoms in total. The Labute approximate surface area is 205 Å². The Kier molecular flexibility index (Phi) is 7.53. The Hall–Kier alpha value is -4.75. The van der Waals surface area contributed by atoms with Crippen LogP contribution < -0.4 is 20.9 Å². The number of nitrogens with one attached hydrogen (secondary N) is 2. The van der Waals surface area contributed by atoms with Gasteiger partial charge in [-0.25, -0.2) is 14.4 Å². The van der Waals surface area contributed by atoms with Crippen molar-refractivity contribution in [2.45, 2.75) is 19.6 Å². The highest BCUT2D eigenvalue weighted by Crippen LogP contribution is 2.28. The smallest absolute Gasteiger partial charge is 0.300 e. The number of benzene rings is 2. The number of aliphatic hydroxyl groups is 1. The molecule has 0 saturated carbocycles. The number of amides is 1. The second-order valence-corrected chi connectivity index (χ2v) is 7.62. The lowest BCUT2D eigenvalue weighted by Gasteiger charge is -2.11. The van der Waals surface area contributed by atoms with Crippen molar-refractivity contribution in [1.82, 2.24) is 14.5 Å². The van der Waals surface area contributed by atoms with Gasteiger partial charge in [-0.2, -0.15) is 0 Å². The van der Waals surface area contributed by atoms with Crippen LogP contribution in [0.1, 0.15) is 19.6 Å². The van der Waals surface area contributed by atoms with E-state index in [1.807, 2.05) is 0 Å². The van der Waals surface area contributed by atoms with Gasteiger partial charge in [0, 0.05) is 35.4 Å². The number of halogens is 1. The van der Waals surface area contributed by atoms with Gasteiger partial charge in [-0.1, -0.05) is 5.92 Å². The van der Waals surface area contributed by atoms with Gasteiger partial charge in [-0.05, 0) is 61.4 Å². The summed E-state index contributed by atoms with van der Waals surface area (Å²) in [6.45, 7) is 1.17. The maximum absolute atomic E-state index is 13.4. The molecule has 1 unspecified atom stereocenters. The van der Waals surface area contributed by atoms with Crippen molar-refractivity contribution < 1.29 is 19.0 Å². The average molecular weight is 487 g/mol. The van der Waals surface area contributed by atoms with Gasteiger partial charge in [-0.15, -0.1) is 0 Å². The third-order valence-corrected chi connectivity index (χ3v) is 4.99. The van der Waals surface area contributed by atoms with Gasteiger partial charge in [-0.3, -0.25) is 14.2 Å². The number of rotatable bonds is 7. The first kappa shape index (κ1) is 24.4. The van der Waals surface area contributed by atoms with Crippen molar-refractivity contribution in [2.75, 3.05) is 17.2 Å². The fourth-order valence-electron chi connectivity index (χ4n) is 3.30. The van der Waals surface area contributed by atoms with Crippen LogP contribution in [0, 0.1) is 11.8 Å². The molecule has 2 heterocycles. The highest BCUT2D eigenvalue weighted by Gasteiger charge is 2.09. The summed E-state index contributed by atoms with van der Waals surface area (Å²) in [5.41, 5.74) is 1.42. The van der Waals surface area contributed by atoms with E-state index in [0.29, 0.717) is 39.6 Å². The number of aliphatic hydroxyl groups excluding tert-OH is 1. The van der Waals surface area contributed by atoms with E-state index in [0.717, 1.165) is 4.57 Å². The van der Waals surface area contributed by atoms with Crippen LogP contribution in [-0.2, 0) is 4.79 Å². The maximum atomic E-state index is 13.4. The van der Waals surface area contributed by atoms with Gasteiger partial charge in [0.2, 0.25) is 0 Å². The Morgan fingerprint density at radius 1 is 1.11 bits per heavy atom. The molecule has 0 aliphatic carbocycles. The lowest BCUT2D eigenvalue weighted by atomic mass is 10.2. The largest absolute Gasteiger partial charge is 0.457 e. The molecule has 0 spiro atoms. The molecule has 10 heteroatoms. The zero-order valence-corrected chi connectivity index (χ0v) is 19.2. The van der Waals surface area contributed by atoms with Crippen LogP contribution in [0.2, 0.25) is 0 Å². The van der Waals surface area contributed by atoms with Crippen molar-refractivity contribution in [3.63, 3.8) is 0 Å². The molecule has 0 fully saturated rings. The summed E-state index contributed by atoms with van der Waals surface area (Å²) in [5.74, 6) is 5.82. The van der Waals surface area contributed by atoms with Gasteiger partial charge in [0.25, 0.3) is 11.5 Å². The molecule has 1 atom stereocenters. The van der Waals surface area contributed by atoms with E-state index >= 15 is 0 Å². The predicted molar refractivity (Wildman–Crippen MR) is 134 cm³/mol. The molecule has 3 N–H and O–H groups in total. The fourth-order valence-corrected chi connectivity index (χ4v) is 3.30. The quantitative estimate of drug-likeness (QED) is 0.335. The van der Waals surface area contributed by atoms with E-state index in [2.05, 4.69) is 32.4 Å². The van der Waals surface area contributed by atoms with Crippen LogP contribution in [0.5, 0.6) is 11.5 Å². The number of aromatic nitrogens is 3. The molecule has 182 valence electrons. The molecule has 0 aliphatic heterocycles. The molecule has 4 aromatic rings. The molecular weight excluding hydrogens is 465 g/mol. The van der Waals surface area contributed by atoms with Crippen molar-refractivity contribution in [1.29, 1.82) is 0 Å². The van der Waals surface area contributed by atoms with E-state index in [4.69, 9.17) is 9.84 Å². The number of anilines is 3. The fraction of sp³-hybridized carbons (Fsp3) is 0.154. The van der Waals surface area contributed by atoms with Crippen molar-refractivity contribution in [3.8, 4) is 23.3 Å². The minimum Gasteiger partial charge on any atom is -0.457 e. The van der Waals surface area contributed by atoms with Crippen LogP contribution in [0.15, 0.2) is 71.9 Å². The molecule has 0 bridgehead atoms. The number of pyridine rings is 1. The minimum absolute atomic E-state index is 0.108. The number of ether oxygens (including phenoxy) is 1. The standard InChI is InChI=1S/C26H22FN5O4/c1-17(27)32-12-11-21(15-25(32)35)36-20-8-5-18(6-9-20)31-26-22-14-19(7-10-23(22)28-16-29-26)30-24(34)4-2-3-13-33/h5-12,14-17,33H,3,13H2,1H3,(H,30,34)(H,28,29,31).